The molecule has 2 heterocycles. The lowest BCUT2D eigenvalue weighted by Crippen LogP contribution is -2.45. The number of rotatable bonds is 4. The van der Waals surface area contributed by atoms with Gasteiger partial charge in [-0.3, -0.25) is 0 Å². The van der Waals surface area contributed by atoms with Crippen molar-refractivity contribution in [2.45, 2.75) is 17.4 Å². The van der Waals surface area contributed by atoms with Crippen LogP contribution in [0, 0.1) is 17.7 Å². The minimum atomic E-state index is -3.56. The van der Waals surface area contributed by atoms with Crippen LogP contribution < -0.4 is 0 Å². The van der Waals surface area contributed by atoms with E-state index in [1.165, 1.54) is 28.6 Å². The number of benzene rings is 1. The summed E-state index contributed by atoms with van der Waals surface area (Å²) in [4.78, 5) is 2.26. The summed E-state index contributed by atoms with van der Waals surface area (Å²) in [6, 6.07) is 5.03. The first-order chi connectivity index (χ1) is 10.9. The Balaban J connectivity index is 1.71. The highest BCUT2D eigenvalue weighted by molar-refractivity contribution is 7.89. The van der Waals surface area contributed by atoms with Gasteiger partial charge in [-0.15, -0.1) is 0 Å². The zero-order chi connectivity index (χ0) is 16.6. The average molecular weight is 342 g/mol. The van der Waals surface area contributed by atoms with E-state index in [2.05, 4.69) is 4.90 Å². The summed E-state index contributed by atoms with van der Waals surface area (Å²) in [6.07, 6.45) is 0.995. The molecule has 7 heteroatoms. The number of halogens is 1. The predicted octanol–water partition coefficient (Wildman–Crippen LogP) is 1.41. The summed E-state index contributed by atoms with van der Waals surface area (Å²) in [7, 11) is 0.480. The molecule has 5 nitrogen and oxygen atoms in total. The molecular formula is C16H23FN2O3S. The minimum absolute atomic E-state index is 0.154. The molecule has 1 aromatic rings. The first kappa shape index (κ1) is 16.8. The molecule has 23 heavy (non-hydrogen) atoms. The molecule has 0 saturated carbocycles. The standard InChI is InChI=1S/C16H23FN2O3S/c1-18(2)10-16-15-7-8-19(9-12(15)11-22-16)23(20,21)14-5-3-13(17)4-6-14/h3-6,12,15-16H,7-11H2,1-2H3/t12-,15-,16+/m1/s1. The van der Waals surface area contributed by atoms with E-state index in [0.717, 1.165) is 13.0 Å². The van der Waals surface area contributed by atoms with E-state index < -0.39 is 15.8 Å². The molecule has 2 aliphatic heterocycles. The average Bonchev–Trinajstić information content (AvgIpc) is 2.89. The number of fused-ring (bicyclic) bond motifs is 1. The zero-order valence-electron chi connectivity index (χ0n) is 13.5. The van der Waals surface area contributed by atoms with Crippen LogP contribution in [0.2, 0.25) is 0 Å². The Labute approximate surface area is 137 Å². The molecule has 0 aromatic heterocycles. The van der Waals surface area contributed by atoms with Gasteiger partial charge in [0, 0.05) is 25.6 Å². The summed E-state index contributed by atoms with van der Waals surface area (Å²) in [5.74, 6) is 0.222. The number of ether oxygens (including phenoxy) is 1. The summed E-state index contributed by atoms with van der Waals surface area (Å²) in [6.45, 7) is 2.45. The third-order valence-corrected chi connectivity index (χ3v) is 6.63. The fourth-order valence-electron chi connectivity index (χ4n) is 3.58. The van der Waals surface area contributed by atoms with Crippen LogP contribution in [0.3, 0.4) is 0 Å². The van der Waals surface area contributed by atoms with Crippen LogP contribution in [0.1, 0.15) is 6.42 Å². The smallest absolute Gasteiger partial charge is 0.243 e. The Morgan fingerprint density at radius 1 is 1.30 bits per heavy atom. The van der Waals surface area contributed by atoms with E-state index in [1.807, 2.05) is 14.1 Å². The maximum atomic E-state index is 13.0. The van der Waals surface area contributed by atoms with Crippen LogP contribution in [-0.4, -0.2) is 64.1 Å². The van der Waals surface area contributed by atoms with Gasteiger partial charge in [-0.05, 0) is 50.7 Å². The highest BCUT2D eigenvalue weighted by Gasteiger charge is 2.43. The monoisotopic (exact) mass is 342 g/mol. The Kier molecular flexibility index (Phi) is 4.73. The molecule has 0 aliphatic carbocycles. The van der Waals surface area contributed by atoms with Crippen molar-refractivity contribution in [3.8, 4) is 0 Å². The topological polar surface area (TPSA) is 49.9 Å². The summed E-state index contributed by atoms with van der Waals surface area (Å²) < 4.78 is 45.8. The fraction of sp³-hybridized carbons (Fsp3) is 0.625. The first-order valence-corrected chi connectivity index (χ1v) is 9.34. The zero-order valence-corrected chi connectivity index (χ0v) is 14.3. The van der Waals surface area contributed by atoms with E-state index in [4.69, 9.17) is 4.74 Å². The highest BCUT2D eigenvalue weighted by Crippen LogP contribution is 2.36. The SMILES string of the molecule is CN(C)C[C@@H]1OC[C@H]2CN(S(=O)(=O)c3ccc(F)cc3)CC[C@H]21. The van der Waals surface area contributed by atoms with Gasteiger partial charge in [-0.25, -0.2) is 12.8 Å². The maximum Gasteiger partial charge on any atom is 0.243 e. The van der Waals surface area contributed by atoms with E-state index in [1.54, 1.807) is 0 Å². The van der Waals surface area contributed by atoms with Crippen LogP contribution in [-0.2, 0) is 14.8 Å². The Bertz CT molecular complexity index is 648. The molecule has 3 rings (SSSR count). The molecule has 2 saturated heterocycles. The molecule has 0 N–H and O–H groups in total. The largest absolute Gasteiger partial charge is 0.376 e. The number of sulfonamides is 1. The van der Waals surface area contributed by atoms with Gasteiger partial charge in [-0.1, -0.05) is 0 Å². The van der Waals surface area contributed by atoms with Crippen LogP contribution in [0.5, 0.6) is 0 Å². The van der Waals surface area contributed by atoms with Gasteiger partial charge in [0.25, 0.3) is 0 Å². The second-order valence-electron chi connectivity index (χ2n) is 6.66. The number of likely N-dealkylation sites (N-methyl/N-ethyl adjacent to an activating group) is 1. The van der Waals surface area contributed by atoms with Gasteiger partial charge in [0.15, 0.2) is 0 Å². The molecule has 0 spiro atoms. The van der Waals surface area contributed by atoms with Gasteiger partial charge in [0.2, 0.25) is 10.0 Å². The van der Waals surface area contributed by atoms with Gasteiger partial charge in [0.1, 0.15) is 5.82 Å². The van der Waals surface area contributed by atoms with E-state index >= 15 is 0 Å². The first-order valence-electron chi connectivity index (χ1n) is 7.90. The molecule has 2 aliphatic rings. The van der Waals surface area contributed by atoms with E-state index in [-0.39, 0.29) is 16.9 Å². The quantitative estimate of drug-likeness (QED) is 0.830. The molecular weight excluding hydrogens is 319 g/mol. The van der Waals surface area contributed by atoms with E-state index in [0.29, 0.717) is 25.6 Å². The fourth-order valence-corrected chi connectivity index (χ4v) is 5.09. The van der Waals surface area contributed by atoms with Crippen LogP contribution >= 0.6 is 0 Å². The molecule has 0 radical (unpaired) electrons. The van der Waals surface area contributed by atoms with Crippen LogP contribution in [0.4, 0.5) is 4.39 Å². The third-order valence-electron chi connectivity index (χ3n) is 4.75. The Morgan fingerprint density at radius 3 is 2.65 bits per heavy atom. The summed E-state index contributed by atoms with van der Waals surface area (Å²) >= 11 is 0. The summed E-state index contributed by atoms with van der Waals surface area (Å²) in [5.41, 5.74) is 0. The van der Waals surface area contributed by atoms with Crippen molar-refractivity contribution >= 4 is 10.0 Å². The lowest BCUT2D eigenvalue weighted by atomic mass is 9.85. The Hall–Kier alpha value is -1.02. The minimum Gasteiger partial charge on any atom is -0.376 e. The number of nitrogens with zero attached hydrogens (tertiary/aromatic N) is 2. The number of hydrogen-bond acceptors (Lipinski definition) is 4. The van der Waals surface area contributed by atoms with Crippen molar-refractivity contribution in [2.75, 3.05) is 40.3 Å². The molecule has 128 valence electrons. The van der Waals surface area contributed by atoms with Crippen molar-refractivity contribution in [2.24, 2.45) is 11.8 Å². The molecule has 2 fully saturated rings. The molecule has 1 aromatic carbocycles. The Morgan fingerprint density at radius 2 is 2.00 bits per heavy atom. The van der Waals surface area contributed by atoms with E-state index in [9.17, 15) is 12.8 Å². The van der Waals surface area contributed by atoms with Crippen molar-refractivity contribution in [1.29, 1.82) is 0 Å². The maximum absolute atomic E-state index is 13.0. The number of hydrogen-bond donors (Lipinski definition) is 0. The van der Waals surface area contributed by atoms with Crippen molar-refractivity contribution in [1.82, 2.24) is 9.21 Å². The summed E-state index contributed by atoms with van der Waals surface area (Å²) in [5, 5.41) is 0. The normalized spacial score (nSPS) is 29.0. The molecule has 3 atom stereocenters. The second kappa shape index (κ2) is 6.47. The van der Waals surface area contributed by atoms with Gasteiger partial charge in [-0.2, -0.15) is 4.31 Å². The number of piperidine rings is 1. The van der Waals surface area contributed by atoms with Crippen molar-refractivity contribution in [3.05, 3.63) is 30.1 Å². The van der Waals surface area contributed by atoms with Crippen LogP contribution in [0.25, 0.3) is 0 Å². The van der Waals surface area contributed by atoms with Crippen molar-refractivity contribution < 1.29 is 17.5 Å². The second-order valence-corrected chi connectivity index (χ2v) is 8.60. The van der Waals surface area contributed by atoms with Crippen LogP contribution in [0.15, 0.2) is 29.2 Å². The predicted molar refractivity (Wildman–Crippen MR) is 85.0 cm³/mol. The third kappa shape index (κ3) is 3.42. The molecule has 0 amide bonds. The van der Waals surface area contributed by atoms with Crippen molar-refractivity contribution in [3.63, 3.8) is 0 Å². The molecule has 0 unspecified atom stereocenters. The van der Waals surface area contributed by atoms with Gasteiger partial charge < -0.3 is 9.64 Å². The van der Waals surface area contributed by atoms with Gasteiger partial charge >= 0.3 is 0 Å². The lowest BCUT2D eigenvalue weighted by Gasteiger charge is -2.35. The highest BCUT2D eigenvalue weighted by atomic mass is 32.2. The van der Waals surface area contributed by atoms with Gasteiger partial charge in [0.05, 0.1) is 17.6 Å². The molecule has 0 bridgehead atoms. The lowest BCUT2D eigenvalue weighted by molar-refractivity contribution is 0.0653.